The average molecular weight is 821 g/mol. The van der Waals surface area contributed by atoms with Crippen molar-refractivity contribution in [2.24, 2.45) is 11.1 Å². The SMILES string of the molecule is C=C(CC(C)(C)C)C(CCC(=O)NCCCCCC(=O)NCCCCC(N)C(=O)O)NC(=O)CCCCCCCCCCCCCCCCCCC(=O)OC(C)(C)C. The predicted octanol–water partition coefficient (Wildman–Crippen LogP) is 9.98. The average Bonchev–Trinajstić information content (AvgIpc) is 3.12. The molecule has 58 heavy (non-hydrogen) atoms. The van der Waals surface area contributed by atoms with Crippen LogP contribution >= 0.6 is 0 Å². The molecule has 0 aromatic heterocycles. The number of ether oxygens (including phenoxy) is 1. The molecule has 338 valence electrons. The van der Waals surface area contributed by atoms with Gasteiger partial charge in [0.1, 0.15) is 11.6 Å². The van der Waals surface area contributed by atoms with Gasteiger partial charge in [-0.25, -0.2) is 0 Å². The number of carboxylic acid groups (broad SMARTS) is 1. The monoisotopic (exact) mass is 821 g/mol. The van der Waals surface area contributed by atoms with Crippen LogP contribution in [0.2, 0.25) is 0 Å². The zero-order valence-corrected chi connectivity index (χ0v) is 38.0. The van der Waals surface area contributed by atoms with Gasteiger partial charge in [-0.05, 0) is 84.0 Å². The Kier molecular flexibility index (Phi) is 32.1. The molecule has 0 heterocycles. The van der Waals surface area contributed by atoms with E-state index in [9.17, 15) is 24.0 Å². The van der Waals surface area contributed by atoms with Crippen molar-refractivity contribution in [3.8, 4) is 0 Å². The molecule has 0 aliphatic rings. The molecule has 0 rings (SSSR count). The van der Waals surface area contributed by atoms with Crippen LogP contribution in [0.4, 0.5) is 0 Å². The zero-order chi connectivity index (χ0) is 43.7. The summed E-state index contributed by atoms with van der Waals surface area (Å²) in [6, 6.07) is -1.08. The second-order valence-corrected chi connectivity index (χ2v) is 18.7. The third-order valence-electron chi connectivity index (χ3n) is 10.2. The molecule has 0 aromatic rings. The number of amides is 3. The fraction of sp³-hybridized carbons (Fsp3) is 0.851. The molecular formula is C47H88N4O7. The van der Waals surface area contributed by atoms with E-state index in [4.69, 9.17) is 15.6 Å². The molecule has 0 aromatic carbocycles. The third-order valence-corrected chi connectivity index (χ3v) is 10.2. The molecule has 6 N–H and O–H groups in total. The van der Waals surface area contributed by atoms with E-state index < -0.39 is 12.0 Å². The number of nitrogens with two attached hydrogens (primary N) is 1. The number of nitrogens with one attached hydrogen (secondary N) is 3. The number of esters is 1. The maximum atomic E-state index is 12.9. The summed E-state index contributed by atoms with van der Waals surface area (Å²) in [6.45, 7) is 17.6. The molecule has 11 heteroatoms. The van der Waals surface area contributed by atoms with Crippen LogP contribution in [0.1, 0.15) is 221 Å². The van der Waals surface area contributed by atoms with Gasteiger partial charge in [0, 0.05) is 38.8 Å². The minimum Gasteiger partial charge on any atom is -0.480 e. The van der Waals surface area contributed by atoms with Gasteiger partial charge in [0.15, 0.2) is 0 Å². The summed E-state index contributed by atoms with van der Waals surface area (Å²) in [6.07, 6.45) is 26.4. The topological polar surface area (TPSA) is 177 Å². The highest BCUT2D eigenvalue weighted by Gasteiger charge is 2.22. The molecule has 0 aliphatic carbocycles. The summed E-state index contributed by atoms with van der Waals surface area (Å²) >= 11 is 0. The van der Waals surface area contributed by atoms with Crippen LogP contribution in [0, 0.1) is 5.41 Å². The molecule has 0 saturated heterocycles. The van der Waals surface area contributed by atoms with E-state index in [2.05, 4.69) is 43.3 Å². The van der Waals surface area contributed by atoms with Crippen molar-refractivity contribution in [1.29, 1.82) is 0 Å². The van der Waals surface area contributed by atoms with Crippen molar-refractivity contribution >= 4 is 29.7 Å². The molecule has 0 radical (unpaired) electrons. The summed E-state index contributed by atoms with van der Waals surface area (Å²) < 4.78 is 5.37. The Bertz CT molecular complexity index is 1140. The minimum absolute atomic E-state index is 0.0204. The number of carbonyl (C=O) groups is 5. The Hall–Kier alpha value is -2.95. The van der Waals surface area contributed by atoms with Crippen molar-refractivity contribution in [2.45, 2.75) is 239 Å². The Labute approximate surface area is 354 Å². The van der Waals surface area contributed by atoms with Crippen LogP contribution in [0.25, 0.3) is 0 Å². The van der Waals surface area contributed by atoms with Gasteiger partial charge >= 0.3 is 11.9 Å². The number of carbonyl (C=O) groups excluding carboxylic acids is 4. The lowest BCUT2D eigenvalue weighted by molar-refractivity contribution is -0.155. The van der Waals surface area contributed by atoms with Crippen LogP contribution in [0.3, 0.4) is 0 Å². The van der Waals surface area contributed by atoms with Crippen LogP contribution in [-0.2, 0) is 28.7 Å². The third kappa shape index (κ3) is 37.3. The molecule has 0 aliphatic heterocycles. The highest BCUT2D eigenvalue weighted by atomic mass is 16.6. The Morgan fingerprint density at radius 2 is 0.948 bits per heavy atom. The van der Waals surface area contributed by atoms with Crippen LogP contribution < -0.4 is 21.7 Å². The first-order valence-corrected chi connectivity index (χ1v) is 23.1. The van der Waals surface area contributed by atoms with Gasteiger partial charge in [-0.2, -0.15) is 0 Å². The number of aliphatic carboxylic acids is 1. The second-order valence-electron chi connectivity index (χ2n) is 18.7. The molecule has 11 nitrogen and oxygen atoms in total. The van der Waals surface area contributed by atoms with Crippen LogP contribution in [0.5, 0.6) is 0 Å². The maximum absolute atomic E-state index is 12.9. The van der Waals surface area contributed by atoms with E-state index in [-0.39, 0.29) is 40.7 Å². The van der Waals surface area contributed by atoms with E-state index in [1.165, 1.54) is 70.6 Å². The highest BCUT2D eigenvalue weighted by molar-refractivity contribution is 5.78. The predicted molar refractivity (Wildman–Crippen MR) is 237 cm³/mol. The number of hydrogen-bond donors (Lipinski definition) is 5. The van der Waals surface area contributed by atoms with Gasteiger partial charge in [0.25, 0.3) is 0 Å². The van der Waals surface area contributed by atoms with Gasteiger partial charge in [-0.15, -0.1) is 0 Å². The lowest BCUT2D eigenvalue weighted by Crippen LogP contribution is -2.38. The molecule has 2 unspecified atom stereocenters. The molecule has 0 saturated carbocycles. The Morgan fingerprint density at radius 3 is 1.40 bits per heavy atom. The second kappa shape index (κ2) is 33.8. The summed E-state index contributed by atoms with van der Waals surface area (Å²) in [5, 5.41) is 17.8. The summed E-state index contributed by atoms with van der Waals surface area (Å²) in [5.41, 5.74) is 6.09. The largest absolute Gasteiger partial charge is 0.480 e. The molecule has 2 atom stereocenters. The Balaban J connectivity index is 4.01. The van der Waals surface area contributed by atoms with Gasteiger partial charge in [0.05, 0.1) is 6.04 Å². The fourth-order valence-electron chi connectivity index (χ4n) is 6.98. The quantitative estimate of drug-likeness (QED) is 0.0234. The van der Waals surface area contributed by atoms with Crippen molar-refractivity contribution in [2.75, 3.05) is 13.1 Å². The van der Waals surface area contributed by atoms with Crippen molar-refractivity contribution in [1.82, 2.24) is 16.0 Å². The number of carboxylic acids is 1. The van der Waals surface area contributed by atoms with E-state index in [1.807, 2.05) is 20.8 Å². The van der Waals surface area contributed by atoms with E-state index in [0.29, 0.717) is 64.5 Å². The number of hydrogen-bond acceptors (Lipinski definition) is 7. The lowest BCUT2D eigenvalue weighted by Gasteiger charge is -2.27. The standard InChI is InChI=1S/C47H88N4O7/c1-38(37-46(2,3)4)40(33-34-42(53)50-35-27-22-24-30-41(52)49-36-28-26-29-39(48)45(56)57)51-43(54)31-23-20-18-16-14-12-10-8-9-11-13-15-17-19-21-25-32-44(55)58-47(5,6)7/h39-40H,1,8-37,48H2,2-7H3,(H,49,52)(H,50,53)(H,51,54)(H,56,57). The summed E-state index contributed by atoms with van der Waals surface area (Å²) in [7, 11) is 0. The lowest BCUT2D eigenvalue weighted by atomic mass is 9.85. The summed E-state index contributed by atoms with van der Waals surface area (Å²) in [4.78, 5) is 60.1. The first kappa shape index (κ1) is 55.0. The molecule has 0 spiro atoms. The smallest absolute Gasteiger partial charge is 0.320 e. The van der Waals surface area contributed by atoms with Gasteiger partial charge in [-0.1, -0.05) is 129 Å². The van der Waals surface area contributed by atoms with Gasteiger partial charge < -0.3 is 31.5 Å². The normalized spacial score (nSPS) is 12.7. The van der Waals surface area contributed by atoms with Crippen LogP contribution in [-0.4, -0.2) is 65.5 Å². The van der Waals surface area contributed by atoms with Crippen molar-refractivity contribution in [3.63, 3.8) is 0 Å². The first-order chi connectivity index (χ1) is 27.4. The molecule has 0 bridgehead atoms. The van der Waals surface area contributed by atoms with Crippen molar-refractivity contribution < 1.29 is 33.8 Å². The molecule has 0 fully saturated rings. The first-order valence-electron chi connectivity index (χ1n) is 23.1. The highest BCUT2D eigenvalue weighted by Crippen LogP contribution is 2.26. The van der Waals surface area contributed by atoms with Crippen LogP contribution in [0.15, 0.2) is 12.2 Å². The number of rotatable bonds is 37. The number of unbranched alkanes of at least 4 members (excludes halogenated alkanes) is 18. The van der Waals surface area contributed by atoms with E-state index >= 15 is 0 Å². The molecular weight excluding hydrogens is 733 g/mol. The zero-order valence-electron chi connectivity index (χ0n) is 38.0. The van der Waals surface area contributed by atoms with Gasteiger partial charge in [0.2, 0.25) is 17.7 Å². The van der Waals surface area contributed by atoms with E-state index in [1.54, 1.807) is 0 Å². The minimum atomic E-state index is -1.00. The fourth-order valence-corrected chi connectivity index (χ4v) is 6.98. The van der Waals surface area contributed by atoms with Crippen molar-refractivity contribution in [3.05, 3.63) is 12.2 Å². The molecule has 3 amide bonds. The van der Waals surface area contributed by atoms with E-state index in [0.717, 1.165) is 63.4 Å². The van der Waals surface area contributed by atoms with Gasteiger partial charge in [-0.3, -0.25) is 24.0 Å². The Morgan fingerprint density at radius 1 is 0.552 bits per heavy atom. The maximum Gasteiger partial charge on any atom is 0.320 e. The summed E-state index contributed by atoms with van der Waals surface area (Å²) in [5.74, 6) is -1.11.